The maximum Gasteiger partial charge on any atom is 0.195 e. The van der Waals surface area contributed by atoms with Crippen molar-refractivity contribution in [2.45, 2.75) is 5.16 Å². The van der Waals surface area contributed by atoms with Gasteiger partial charge in [0.25, 0.3) is 0 Å². The van der Waals surface area contributed by atoms with E-state index in [1.165, 1.54) is 0 Å². The minimum absolute atomic E-state index is 0.583. The van der Waals surface area contributed by atoms with E-state index in [1.54, 1.807) is 25.2 Å². The van der Waals surface area contributed by atoms with Crippen LogP contribution in [0.15, 0.2) is 64.5 Å². The normalized spacial score (nSPS) is 10.6. The van der Waals surface area contributed by atoms with Gasteiger partial charge in [0.1, 0.15) is 17.8 Å². The molecule has 5 nitrogen and oxygen atoms in total. The lowest BCUT2D eigenvalue weighted by atomic mass is 10.3. The van der Waals surface area contributed by atoms with Crippen molar-refractivity contribution >= 4 is 27.7 Å². The van der Waals surface area contributed by atoms with Gasteiger partial charge in [-0.15, -0.1) is 10.2 Å². The van der Waals surface area contributed by atoms with Crippen LogP contribution in [0.2, 0.25) is 0 Å². The highest BCUT2D eigenvalue weighted by molar-refractivity contribution is 9.10. The molecule has 24 heavy (non-hydrogen) atoms. The summed E-state index contributed by atoms with van der Waals surface area (Å²) < 4.78 is 14.1. The fourth-order valence-electron chi connectivity index (χ4n) is 2.17. The minimum Gasteiger partial charge on any atom is -0.495 e. The van der Waals surface area contributed by atoms with Crippen LogP contribution in [0.4, 0.5) is 0 Å². The van der Waals surface area contributed by atoms with Crippen molar-refractivity contribution in [3.05, 3.63) is 59.3 Å². The van der Waals surface area contributed by atoms with Gasteiger partial charge in [-0.05, 0) is 30.3 Å². The Morgan fingerprint density at radius 2 is 2.04 bits per heavy atom. The molecule has 7 heteroatoms. The zero-order valence-electron chi connectivity index (χ0n) is 13.1. The SMILES string of the molecule is COc1ccccc1-n1cnnc1SCCOc1cccc(Br)c1. The molecule has 0 unspecified atom stereocenters. The number of halogens is 1. The standard InChI is InChI=1S/C17H16BrN3O2S/c1-22-16-8-3-2-7-15(16)21-12-19-20-17(21)24-10-9-23-14-6-4-5-13(18)11-14/h2-8,11-12H,9-10H2,1H3. The highest BCUT2D eigenvalue weighted by atomic mass is 79.9. The number of aromatic nitrogens is 3. The van der Waals surface area contributed by atoms with Crippen molar-refractivity contribution in [2.75, 3.05) is 19.5 Å². The van der Waals surface area contributed by atoms with E-state index in [2.05, 4.69) is 26.1 Å². The van der Waals surface area contributed by atoms with E-state index in [1.807, 2.05) is 53.1 Å². The van der Waals surface area contributed by atoms with Crippen LogP contribution in [0.5, 0.6) is 11.5 Å². The molecule has 0 radical (unpaired) electrons. The number of benzene rings is 2. The van der Waals surface area contributed by atoms with Crippen LogP contribution in [0, 0.1) is 0 Å². The Hall–Kier alpha value is -1.99. The topological polar surface area (TPSA) is 49.2 Å². The summed E-state index contributed by atoms with van der Waals surface area (Å²) in [6.45, 7) is 0.583. The predicted octanol–water partition coefficient (Wildman–Crippen LogP) is 4.21. The van der Waals surface area contributed by atoms with E-state index in [-0.39, 0.29) is 0 Å². The number of nitrogens with zero attached hydrogens (tertiary/aromatic N) is 3. The summed E-state index contributed by atoms with van der Waals surface area (Å²) in [4.78, 5) is 0. The molecule has 0 bridgehead atoms. The number of thioether (sulfide) groups is 1. The van der Waals surface area contributed by atoms with Gasteiger partial charge in [-0.1, -0.05) is 45.9 Å². The van der Waals surface area contributed by atoms with Crippen molar-refractivity contribution in [1.29, 1.82) is 0 Å². The smallest absolute Gasteiger partial charge is 0.195 e. The molecule has 0 aliphatic rings. The molecule has 0 amide bonds. The Bertz CT molecular complexity index is 810. The average molecular weight is 406 g/mol. The summed E-state index contributed by atoms with van der Waals surface area (Å²) in [7, 11) is 1.65. The van der Waals surface area contributed by atoms with E-state index in [9.17, 15) is 0 Å². The lowest BCUT2D eigenvalue weighted by Gasteiger charge is -2.11. The number of methoxy groups -OCH3 is 1. The first-order chi connectivity index (χ1) is 11.8. The summed E-state index contributed by atoms with van der Waals surface area (Å²) in [5, 5.41) is 9.00. The Kier molecular flexibility index (Phi) is 5.77. The molecule has 0 aliphatic heterocycles. The summed E-state index contributed by atoms with van der Waals surface area (Å²) in [6, 6.07) is 15.6. The van der Waals surface area contributed by atoms with E-state index < -0.39 is 0 Å². The molecule has 0 fully saturated rings. The van der Waals surface area contributed by atoms with Crippen LogP contribution in [-0.2, 0) is 0 Å². The first-order valence-corrected chi connectivity index (χ1v) is 9.10. The Labute approximate surface area is 153 Å². The third-order valence-corrected chi connectivity index (χ3v) is 4.64. The number of para-hydroxylation sites is 2. The van der Waals surface area contributed by atoms with Gasteiger partial charge in [-0.2, -0.15) is 0 Å². The van der Waals surface area contributed by atoms with Crippen LogP contribution >= 0.6 is 27.7 Å². The quantitative estimate of drug-likeness (QED) is 0.435. The van der Waals surface area contributed by atoms with Crippen LogP contribution in [0.3, 0.4) is 0 Å². The monoisotopic (exact) mass is 405 g/mol. The molecule has 0 atom stereocenters. The summed E-state index contributed by atoms with van der Waals surface area (Å²) in [5.41, 5.74) is 0.917. The summed E-state index contributed by atoms with van der Waals surface area (Å²) in [6.07, 6.45) is 1.69. The Morgan fingerprint density at radius 3 is 2.88 bits per heavy atom. The summed E-state index contributed by atoms with van der Waals surface area (Å²) >= 11 is 5.02. The number of rotatable bonds is 7. The van der Waals surface area contributed by atoms with E-state index in [0.29, 0.717) is 6.61 Å². The highest BCUT2D eigenvalue weighted by Gasteiger charge is 2.11. The van der Waals surface area contributed by atoms with E-state index >= 15 is 0 Å². The van der Waals surface area contributed by atoms with Gasteiger partial charge in [0.15, 0.2) is 5.16 Å². The molecule has 0 saturated carbocycles. The molecule has 0 N–H and O–H groups in total. The van der Waals surface area contributed by atoms with Gasteiger partial charge in [0.05, 0.1) is 19.4 Å². The van der Waals surface area contributed by atoms with Gasteiger partial charge < -0.3 is 9.47 Å². The average Bonchev–Trinajstić information content (AvgIpc) is 3.07. The van der Waals surface area contributed by atoms with Crippen molar-refractivity contribution < 1.29 is 9.47 Å². The first-order valence-electron chi connectivity index (χ1n) is 7.32. The molecular weight excluding hydrogens is 390 g/mol. The third-order valence-electron chi connectivity index (χ3n) is 3.24. The fraction of sp³-hybridized carbons (Fsp3) is 0.176. The van der Waals surface area contributed by atoms with Gasteiger partial charge >= 0.3 is 0 Å². The predicted molar refractivity (Wildman–Crippen MR) is 98.3 cm³/mol. The minimum atomic E-state index is 0.583. The maximum absolute atomic E-state index is 5.74. The van der Waals surface area contributed by atoms with Crippen LogP contribution < -0.4 is 9.47 Å². The van der Waals surface area contributed by atoms with Crippen molar-refractivity contribution in [3.63, 3.8) is 0 Å². The van der Waals surface area contributed by atoms with Crippen molar-refractivity contribution in [2.24, 2.45) is 0 Å². The van der Waals surface area contributed by atoms with Gasteiger partial charge in [-0.3, -0.25) is 4.57 Å². The molecule has 0 saturated heterocycles. The molecule has 3 rings (SSSR count). The lowest BCUT2D eigenvalue weighted by molar-refractivity contribution is 0.343. The van der Waals surface area contributed by atoms with Gasteiger partial charge in [0.2, 0.25) is 0 Å². The number of hydrogen-bond acceptors (Lipinski definition) is 5. The third kappa shape index (κ3) is 4.10. The van der Waals surface area contributed by atoms with E-state index in [0.717, 1.165) is 32.6 Å². The molecule has 1 aromatic heterocycles. The molecule has 3 aromatic rings. The van der Waals surface area contributed by atoms with Crippen LogP contribution in [0.25, 0.3) is 5.69 Å². The zero-order chi connectivity index (χ0) is 16.8. The largest absolute Gasteiger partial charge is 0.495 e. The molecular formula is C17H16BrN3O2S. The molecule has 0 spiro atoms. The van der Waals surface area contributed by atoms with Crippen LogP contribution in [0.1, 0.15) is 0 Å². The molecule has 124 valence electrons. The fourth-order valence-corrected chi connectivity index (χ4v) is 3.28. The second-order valence-electron chi connectivity index (χ2n) is 4.81. The second-order valence-corrected chi connectivity index (χ2v) is 6.79. The molecule has 2 aromatic carbocycles. The number of hydrogen-bond donors (Lipinski definition) is 0. The maximum atomic E-state index is 5.74. The number of ether oxygens (including phenoxy) is 2. The molecule has 1 heterocycles. The zero-order valence-corrected chi connectivity index (χ0v) is 15.5. The lowest BCUT2D eigenvalue weighted by Crippen LogP contribution is -2.03. The highest BCUT2D eigenvalue weighted by Crippen LogP contribution is 2.26. The van der Waals surface area contributed by atoms with Gasteiger partial charge in [-0.25, -0.2) is 0 Å². The van der Waals surface area contributed by atoms with Crippen LogP contribution in [-0.4, -0.2) is 34.2 Å². The summed E-state index contributed by atoms with van der Waals surface area (Å²) in [5.74, 6) is 2.39. The van der Waals surface area contributed by atoms with Crippen molar-refractivity contribution in [1.82, 2.24) is 14.8 Å². The Morgan fingerprint density at radius 1 is 1.17 bits per heavy atom. The Balaban J connectivity index is 1.62. The molecule has 0 aliphatic carbocycles. The van der Waals surface area contributed by atoms with Gasteiger partial charge in [0, 0.05) is 10.2 Å². The van der Waals surface area contributed by atoms with E-state index in [4.69, 9.17) is 9.47 Å². The van der Waals surface area contributed by atoms with Crippen molar-refractivity contribution in [3.8, 4) is 17.2 Å². The first kappa shape index (κ1) is 16.9. The second kappa shape index (κ2) is 8.21.